The molecule has 8 nitrogen and oxygen atoms in total. The minimum absolute atomic E-state index is 0.113. The minimum atomic E-state index is -0.369. The summed E-state index contributed by atoms with van der Waals surface area (Å²) in [6.45, 7) is 10.4. The Bertz CT molecular complexity index is 1420. The number of aromatic nitrogens is 4. The molecule has 2 heterocycles. The molecule has 0 radical (unpaired) electrons. The zero-order valence-electron chi connectivity index (χ0n) is 19.5. The molecular formula is C26H27N5O3. The van der Waals surface area contributed by atoms with Crippen LogP contribution in [0.1, 0.15) is 23.7 Å². The number of benzene rings is 2. The molecule has 0 fully saturated rings. The van der Waals surface area contributed by atoms with E-state index in [9.17, 15) is 9.59 Å². The van der Waals surface area contributed by atoms with E-state index < -0.39 is 0 Å². The summed E-state index contributed by atoms with van der Waals surface area (Å²) >= 11 is 0. The van der Waals surface area contributed by atoms with Crippen molar-refractivity contribution in [3.8, 4) is 17.1 Å². The zero-order valence-corrected chi connectivity index (χ0v) is 19.5. The summed E-state index contributed by atoms with van der Waals surface area (Å²) in [7, 11) is 0. The number of ether oxygens (including phenoxy) is 1. The van der Waals surface area contributed by atoms with Gasteiger partial charge < -0.3 is 14.6 Å². The van der Waals surface area contributed by atoms with Gasteiger partial charge in [-0.2, -0.15) is 9.50 Å². The first-order valence-electron chi connectivity index (χ1n) is 11.1. The third-order valence-electron chi connectivity index (χ3n) is 5.54. The van der Waals surface area contributed by atoms with Crippen molar-refractivity contribution in [1.82, 2.24) is 19.2 Å². The molecule has 1 amide bonds. The number of nitrogens with zero attached hydrogens (tertiary/aromatic N) is 4. The van der Waals surface area contributed by atoms with Crippen LogP contribution in [0.4, 0.5) is 5.69 Å². The summed E-state index contributed by atoms with van der Waals surface area (Å²) < 4.78 is 8.69. The molecule has 0 aliphatic heterocycles. The number of allylic oxidation sites excluding steroid dienone is 1. The maximum atomic E-state index is 13.4. The Balaban J connectivity index is 1.74. The van der Waals surface area contributed by atoms with Gasteiger partial charge in [0, 0.05) is 23.4 Å². The fraction of sp³-hybridized carbons (Fsp3) is 0.231. The largest absolute Gasteiger partial charge is 0.492 e. The van der Waals surface area contributed by atoms with E-state index in [2.05, 4.69) is 22.0 Å². The van der Waals surface area contributed by atoms with Crippen molar-refractivity contribution in [2.45, 2.75) is 33.7 Å². The van der Waals surface area contributed by atoms with Gasteiger partial charge in [0.15, 0.2) is 5.82 Å². The molecule has 0 bridgehead atoms. The second kappa shape index (κ2) is 9.74. The fourth-order valence-corrected chi connectivity index (χ4v) is 3.79. The third kappa shape index (κ3) is 4.47. The Morgan fingerprint density at radius 1 is 1.15 bits per heavy atom. The molecule has 0 spiro atoms. The lowest BCUT2D eigenvalue weighted by Crippen LogP contribution is -2.29. The van der Waals surface area contributed by atoms with E-state index in [1.165, 1.54) is 4.52 Å². The van der Waals surface area contributed by atoms with Crippen LogP contribution in [-0.2, 0) is 17.8 Å². The van der Waals surface area contributed by atoms with E-state index in [-0.39, 0.29) is 17.9 Å². The molecule has 2 aromatic carbocycles. The number of nitrogens with one attached hydrogen (secondary N) is 1. The average Bonchev–Trinajstić information content (AvgIpc) is 3.27. The molecule has 0 saturated carbocycles. The van der Waals surface area contributed by atoms with Crippen LogP contribution in [0.25, 0.3) is 17.2 Å². The first-order chi connectivity index (χ1) is 16.4. The van der Waals surface area contributed by atoms with Crippen molar-refractivity contribution >= 4 is 17.4 Å². The van der Waals surface area contributed by atoms with Crippen LogP contribution in [0.3, 0.4) is 0 Å². The highest BCUT2D eigenvalue weighted by atomic mass is 16.5. The second-order valence-electron chi connectivity index (χ2n) is 7.94. The summed E-state index contributed by atoms with van der Waals surface area (Å²) in [6.07, 6.45) is 1.61. The summed E-state index contributed by atoms with van der Waals surface area (Å²) in [6, 6.07) is 15.0. The topological polar surface area (TPSA) is 90.5 Å². The normalized spacial score (nSPS) is 10.9. The van der Waals surface area contributed by atoms with E-state index in [1.807, 2.05) is 61.7 Å². The highest BCUT2D eigenvalue weighted by Gasteiger charge is 2.20. The van der Waals surface area contributed by atoms with Crippen molar-refractivity contribution in [1.29, 1.82) is 0 Å². The fourth-order valence-electron chi connectivity index (χ4n) is 3.79. The standard InChI is InChI=1S/C26H27N5O3/c1-5-15-30-18(4)20(16-23(32)27-21-9-7-8-10-22(21)34-6-2)25(33)31-26(30)28-24(29-31)19-13-11-17(3)12-14-19/h5,7-14H,1,6,15-16H2,2-4H3,(H,27,32). The van der Waals surface area contributed by atoms with Crippen LogP contribution >= 0.6 is 0 Å². The molecule has 8 heteroatoms. The van der Waals surface area contributed by atoms with Gasteiger partial charge in [0.05, 0.1) is 18.7 Å². The Morgan fingerprint density at radius 2 is 1.88 bits per heavy atom. The molecule has 34 heavy (non-hydrogen) atoms. The van der Waals surface area contributed by atoms with Gasteiger partial charge in [-0.3, -0.25) is 9.59 Å². The number of aryl methyl sites for hydroxylation is 1. The molecule has 0 aliphatic carbocycles. The van der Waals surface area contributed by atoms with E-state index in [0.717, 1.165) is 11.1 Å². The lowest BCUT2D eigenvalue weighted by Gasteiger charge is -2.15. The SMILES string of the molecule is C=CCn1c(C)c(CC(=O)Nc2ccccc2OCC)c(=O)n2nc(-c3ccc(C)cc3)nc12. The van der Waals surface area contributed by atoms with Crippen LogP contribution in [0.15, 0.2) is 66.0 Å². The van der Waals surface area contributed by atoms with Gasteiger partial charge in [0.2, 0.25) is 11.7 Å². The van der Waals surface area contributed by atoms with Crippen LogP contribution in [0, 0.1) is 13.8 Å². The Labute approximate surface area is 197 Å². The summed E-state index contributed by atoms with van der Waals surface area (Å²) in [5.41, 5.74) is 3.11. The van der Waals surface area contributed by atoms with Gasteiger partial charge in [-0.15, -0.1) is 11.7 Å². The summed E-state index contributed by atoms with van der Waals surface area (Å²) in [5, 5.41) is 7.33. The van der Waals surface area contributed by atoms with Crippen LogP contribution in [0.2, 0.25) is 0 Å². The predicted octanol–water partition coefficient (Wildman–Crippen LogP) is 3.94. The first-order valence-corrected chi connectivity index (χ1v) is 11.1. The highest BCUT2D eigenvalue weighted by Crippen LogP contribution is 2.24. The number of amides is 1. The third-order valence-corrected chi connectivity index (χ3v) is 5.54. The number of rotatable bonds is 8. The van der Waals surface area contributed by atoms with Crippen LogP contribution < -0.4 is 15.6 Å². The Hall–Kier alpha value is -4.20. The zero-order chi connectivity index (χ0) is 24.2. The number of carbonyl (C=O) groups is 1. The Kier molecular flexibility index (Phi) is 6.58. The molecule has 0 atom stereocenters. The molecule has 174 valence electrons. The van der Waals surface area contributed by atoms with Crippen molar-refractivity contribution in [3.63, 3.8) is 0 Å². The Morgan fingerprint density at radius 3 is 2.59 bits per heavy atom. The minimum Gasteiger partial charge on any atom is -0.492 e. The molecule has 0 unspecified atom stereocenters. The average molecular weight is 458 g/mol. The number of hydrogen-bond donors (Lipinski definition) is 1. The number of fused-ring (bicyclic) bond motifs is 1. The van der Waals surface area contributed by atoms with Crippen LogP contribution in [-0.4, -0.2) is 31.7 Å². The number of hydrogen-bond acceptors (Lipinski definition) is 5. The van der Waals surface area contributed by atoms with E-state index in [1.54, 1.807) is 18.2 Å². The van der Waals surface area contributed by atoms with Gasteiger partial charge in [0.25, 0.3) is 5.56 Å². The highest BCUT2D eigenvalue weighted by molar-refractivity contribution is 5.93. The van der Waals surface area contributed by atoms with Gasteiger partial charge in [0.1, 0.15) is 5.75 Å². The maximum Gasteiger partial charge on any atom is 0.279 e. The first kappa shape index (κ1) is 23.0. The monoisotopic (exact) mass is 457 g/mol. The van der Waals surface area contributed by atoms with E-state index in [0.29, 0.717) is 47.4 Å². The van der Waals surface area contributed by atoms with E-state index >= 15 is 0 Å². The van der Waals surface area contributed by atoms with Gasteiger partial charge in [-0.1, -0.05) is 48.0 Å². The molecular weight excluding hydrogens is 430 g/mol. The smallest absolute Gasteiger partial charge is 0.279 e. The van der Waals surface area contributed by atoms with Gasteiger partial charge in [-0.25, -0.2) is 0 Å². The second-order valence-corrected chi connectivity index (χ2v) is 7.94. The number of anilines is 1. The molecule has 1 N–H and O–H groups in total. The lowest BCUT2D eigenvalue weighted by molar-refractivity contribution is -0.115. The summed E-state index contributed by atoms with van der Waals surface area (Å²) in [5.74, 6) is 1.11. The predicted molar refractivity (Wildman–Crippen MR) is 132 cm³/mol. The molecule has 0 aliphatic rings. The molecule has 4 rings (SSSR count). The van der Waals surface area contributed by atoms with Crippen molar-refractivity contribution in [3.05, 3.63) is 88.4 Å². The van der Waals surface area contributed by atoms with Crippen molar-refractivity contribution < 1.29 is 9.53 Å². The maximum absolute atomic E-state index is 13.4. The van der Waals surface area contributed by atoms with Gasteiger partial charge >= 0.3 is 0 Å². The van der Waals surface area contributed by atoms with Crippen LogP contribution in [0.5, 0.6) is 5.75 Å². The molecule has 4 aromatic rings. The van der Waals surface area contributed by atoms with Gasteiger partial charge in [-0.05, 0) is 32.9 Å². The number of carbonyl (C=O) groups excluding carboxylic acids is 1. The quantitative estimate of drug-likeness (QED) is 0.405. The number of para-hydroxylation sites is 2. The van der Waals surface area contributed by atoms with E-state index in [4.69, 9.17) is 4.74 Å². The molecule has 0 saturated heterocycles. The van der Waals surface area contributed by atoms with Crippen molar-refractivity contribution in [2.24, 2.45) is 0 Å². The van der Waals surface area contributed by atoms with Crippen molar-refractivity contribution in [2.75, 3.05) is 11.9 Å². The molecule has 2 aromatic heterocycles. The summed E-state index contributed by atoms with van der Waals surface area (Å²) in [4.78, 5) is 30.9. The lowest BCUT2D eigenvalue weighted by atomic mass is 10.1.